The smallest absolute Gasteiger partial charge is 0.344 e. The van der Waals surface area contributed by atoms with Gasteiger partial charge in [-0.25, -0.2) is 4.79 Å². The number of ether oxygens (including phenoxy) is 3. The molecule has 1 saturated heterocycles. The molecule has 5 atom stereocenters. The normalized spacial score (nSPS) is 36.5. The molecule has 1 heterocycles. The lowest BCUT2D eigenvalue weighted by Crippen LogP contribution is -2.36. The van der Waals surface area contributed by atoms with Crippen LogP contribution < -0.4 is 0 Å². The second-order valence-corrected chi connectivity index (χ2v) is 6.51. The van der Waals surface area contributed by atoms with Crippen molar-refractivity contribution in [2.24, 2.45) is 29.6 Å². The van der Waals surface area contributed by atoms with E-state index in [0.717, 1.165) is 12.8 Å². The van der Waals surface area contributed by atoms with Gasteiger partial charge >= 0.3 is 17.9 Å². The summed E-state index contributed by atoms with van der Waals surface area (Å²) in [7, 11) is 0. The van der Waals surface area contributed by atoms with E-state index < -0.39 is 11.9 Å². The van der Waals surface area contributed by atoms with Crippen LogP contribution in [0.4, 0.5) is 0 Å². The Bertz CT molecular complexity index is 471. The number of fused-ring (bicyclic) bond motifs is 5. The Labute approximate surface area is 123 Å². The third kappa shape index (κ3) is 2.51. The van der Waals surface area contributed by atoms with Crippen LogP contribution in [0.3, 0.4) is 0 Å². The fourth-order valence-corrected chi connectivity index (χ4v) is 3.91. The fourth-order valence-electron chi connectivity index (χ4n) is 3.91. The highest BCUT2D eigenvalue weighted by molar-refractivity contribution is 5.78. The minimum atomic E-state index is -0.538. The Morgan fingerprint density at radius 2 is 2.05 bits per heavy atom. The maximum Gasteiger partial charge on any atom is 0.344 e. The number of carbonyl (C=O) groups is 3. The minimum absolute atomic E-state index is 0.0692. The van der Waals surface area contributed by atoms with Gasteiger partial charge in [-0.2, -0.15) is 0 Å². The largest absolute Gasteiger partial charge is 0.465 e. The van der Waals surface area contributed by atoms with Crippen molar-refractivity contribution in [3.63, 3.8) is 0 Å². The van der Waals surface area contributed by atoms with Crippen LogP contribution in [-0.4, -0.2) is 37.2 Å². The van der Waals surface area contributed by atoms with Crippen molar-refractivity contribution >= 4 is 17.9 Å². The molecule has 0 radical (unpaired) electrons. The first-order chi connectivity index (χ1) is 9.97. The Morgan fingerprint density at radius 3 is 2.76 bits per heavy atom. The summed E-state index contributed by atoms with van der Waals surface area (Å²) in [6, 6.07) is 0. The second kappa shape index (κ2) is 5.31. The van der Waals surface area contributed by atoms with Gasteiger partial charge in [-0.05, 0) is 18.8 Å². The van der Waals surface area contributed by atoms with Gasteiger partial charge in [0.1, 0.15) is 6.10 Å². The van der Waals surface area contributed by atoms with E-state index in [4.69, 9.17) is 14.2 Å². The zero-order chi connectivity index (χ0) is 15.1. The van der Waals surface area contributed by atoms with Crippen LogP contribution >= 0.6 is 0 Å². The molecule has 0 spiro atoms. The molecule has 3 rings (SSSR count). The first kappa shape index (κ1) is 14.4. The molecular weight excluding hydrogens is 276 g/mol. The van der Waals surface area contributed by atoms with Gasteiger partial charge in [0.2, 0.25) is 0 Å². The Hall–Kier alpha value is -1.59. The number of cyclic esters (lactones) is 1. The van der Waals surface area contributed by atoms with Crippen molar-refractivity contribution in [1.29, 1.82) is 0 Å². The summed E-state index contributed by atoms with van der Waals surface area (Å²) in [5.41, 5.74) is 0. The van der Waals surface area contributed by atoms with Gasteiger partial charge in [0, 0.05) is 11.8 Å². The first-order valence-corrected chi connectivity index (χ1v) is 7.50. The summed E-state index contributed by atoms with van der Waals surface area (Å²) in [4.78, 5) is 34.8. The van der Waals surface area contributed by atoms with Gasteiger partial charge in [0.25, 0.3) is 0 Å². The molecule has 5 unspecified atom stereocenters. The number of hydrogen-bond donors (Lipinski definition) is 0. The molecule has 0 aromatic carbocycles. The predicted octanol–water partition coefficient (Wildman–Crippen LogP) is 0.926. The molecule has 0 aromatic heterocycles. The molecule has 6 nitrogen and oxygen atoms in total. The van der Waals surface area contributed by atoms with E-state index in [1.54, 1.807) is 13.8 Å². The second-order valence-electron chi connectivity index (χ2n) is 6.51. The minimum Gasteiger partial charge on any atom is -0.465 e. The summed E-state index contributed by atoms with van der Waals surface area (Å²) in [5, 5.41) is 0. The van der Waals surface area contributed by atoms with Gasteiger partial charge < -0.3 is 14.2 Å². The highest BCUT2D eigenvalue weighted by Gasteiger charge is 2.60. The van der Waals surface area contributed by atoms with Gasteiger partial charge in [0.15, 0.2) is 6.61 Å². The average molecular weight is 296 g/mol. The summed E-state index contributed by atoms with van der Waals surface area (Å²) < 4.78 is 15.4. The Balaban J connectivity index is 1.52. The monoisotopic (exact) mass is 296 g/mol. The molecule has 6 heteroatoms. The molecule has 21 heavy (non-hydrogen) atoms. The van der Waals surface area contributed by atoms with Gasteiger partial charge in [-0.15, -0.1) is 0 Å². The van der Waals surface area contributed by atoms with E-state index in [0.29, 0.717) is 18.4 Å². The van der Waals surface area contributed by atoms with Crippen LogP contribution in [0.15, 0.2) is 0 Å². The zero-order valence-electron chi connectivity index (χ0n) is 12.2. The van der Waals surface area contributed by atoms with Gasteiger partial charge in [-0.3, -0.25) is 9.59 Å². The molecular formula is C15H20O6. The van der Waals surface area contributed by atoms with Crippen molar-refractivity contribution in [3.05, 3.63) is 0 Å². The molecule has 0 amide bonds. The van der Waals surface area contributed by atoms with Gasteiger partial charge in [-0.1, -0.05) is 13.8 Å². The third-order valence-corrected chi connectivity index (χ3v) is 4.89. The van der Waals surface area contributed by atoms with E-state index >= 15 is 0 Å². The molecule has 0 aromatic rings. The first-order valence-electron chi connectivity index (χ1n) is 7.50. The summed E-state index contributed by atoms with van der Waals surface area (Å²) in [6.07, 6.45) is 1.47. The molecule has 3 aliphatic rings. The fraction of sp³-hybridized carbons (Fsp3) is 0.800. The average Bonchev–Trinajstić information content (AvgIpc) is 3.09. The molecule has 116 valence electrons. The van der Waals surface area contributed by atoms with Crippen LogP contribution in [0.25, 0.3) is 0 Å². The Morgan fingerprint density at radius 1 is 1.29 bits per heavy atom. The summed E-state index contributed by atoms with van der Waals surface area (Å²) in [5.74, 6) is -0.712. The van der Waals surface area contributed by atoms with Crippen molar-refractivity contribution in [1.82, 2.24) is 0 Å². The van der Waals surface area contributed by atoms with E-state index in [1.165, 1.54) is 0 Å². The maximum absolute atomic E-state index is 11.8. The highest BCUT2D eigenvalue weighted by Crippen LogP contribution is 2.55. The van der Waals surface area contributed by atoms with Crippen LogP contribution in [0.5, 0.6) is 0 Å². The molecule has 0 N–H and O–H groups in total. The van der Waals surface area contributed by atoms with Crippen molar-refractivity contribution in [3.8, 4) is 0 Å². The molecule has 3 fully saturated rings. The van der Waals surface area contributed by atoms with Crippen LogP contribution in [0.2, 0.25) is 0 Å². The van der Waals surface area contributed by atoms with E-state index in [1.807, 2.05) is 0 Å². The SMILES string of the molecule is CC(C)C(=O)OCC(=O)OC1CC2CC1C1C(=O)OCC21. The molecule has 1 aliphatic heterocycles. The van der Waals surface area contributed by atoms with E-state index in [-0.39, 0.29) is 36.4 Å². The number of hydrogen-bond acceptors (Lipinski definition) is 6. The number of carbonyl (C=O) groups excluding carboxylic acids is 3. The Kier molecular flexibility index (Phi) is 3.63. The quantitative estimate of drug-likeness (QED) is 0.567. The van der Waals surface area contributed by atoms with Crippen molar-refractivity contribution < 1.29 is 28.6 Å². The van der Waals surface area contributed by atoms with Crippen molar-refractivity contribution in [2.45, 2.75) is 32.8 Å². The lowest BCUT2D eigenvalue weighted by molar-refractivity contribution is -0.167. The number of rotatable bonds is 4. The summed E-state index contributed by atoms with van der Waals surface area (Å²) in [6.45, 7) is 3.56. The molecule has 2 aliphatic carbocycles. The summed E-state index contributed by atoms with van der Waals surface area (Å²) >= 11 is 0. The van der Waals surface area contributed by atoms with Crippen LogP contribution in [-0.2, 0) is 28.6 Å². The predicted molar refractivity (Wildman–Crippen MR) is 69.8 cm³/mol. The topological polar surface area (TPSA) is 78.9 Å². The number of esters is 3. The lowest BCUT2D eigenvalue weighted by atomic mass is 9.80. The van der Waals surface area contributed by atoms with E-state index in [9.17, 15) is 14.4 Å². The van der Waals surface area contributed by atoms with Crippen LogP contribution in [0.1, 0.15) is 26.7 Å². The zero-order valence-corrected chi connectivity index (χ0v) is 12.2. The third-order valence-electron chi connectivity index (χ3n) is 4.89. The highest BCUT2D eigenvalue weighted by atomic mass is 16.6. The molecule has 2 saturated carbocycles. The standard InChI is InChI=1S/C15H20O6/c1-7(2)14(17)20-6-12(16)21-11-4-8-3-9(11)13-10(8)5-19-15(13)18/h7-11,13H,3-6H2,1-2H3. The van der Waals surface area contributed by atoms with Crippen molar-refractivity contribution in [2.75, 3.05) is 13.2 Å². The van der Waals surface area contributed by atoms with E-state index in [2.05, 4.69) is 0 Å². The van der Waals surface area contributed by atoms with Crippen LogP contribution in [0, 0.1) is 29.6 Å². The maximum atomic E-state index is 11.8. The lowest BCUT2D eigenvalue weighted by Gasteiger charge is -2.28. The molecule has 2 bridgehead atoms. The van der Waals surface area contributed by atoms with Gasteiger partial charge in [0.05, 0.1) is 18.4 Å².